The minimum Gasteiger partial charge on any atom is -0.497 e. The molecule has 2 aromatic carbocycles. The van der Waals surface area contributed by atoms with Crippen LogP contribution in [-0.4, -0.2) is 38.7 Å². The number of hydrogen-bond acceptors (Lipinski definition) is 4. The van der Waals surface area contributed by atoms with Crippen molar-refractivity contribution in [3.63, 3.8) is 0 Å². The molecule has 2 aromatic rings. The third kappa shape index (κ3) is 3.88. The molecule has 7 heteroatoms. The number of rotatable bonds is 5. The van der Waals surface area contributed by atoms with Crippen molar-refractivity contribution in [2.75, 3.05) is 31.0 Å². The Labute approximate surface area is 151 Å². The van der Waals surface area contributed by atoms with E-state index in [1.165, 1.54) is 0 Å². The molecule has 0 saturated carbocycles. The number of benzene rings is 2. The SMILES string of the molecule is COc1cccc(N2C[C@@H](NC(=O)Nc3ccccc3OC)CC2=O)c1. The highest BCUT2D eigenvalue weighted by Crippen LogP contribution is 2.26. The fraction of sp³-hybridized carbons (Fsp3) is 0.263. The van der Waals surface area contributed by atoms with E-state index in [9.17, 15) is 9.59 Å². The lowest BCUT2D eigenvalue weighted by molar-refractivity contribution is -0.117. The van der Waals surface area contributed by atoms with Gasteiger partial charge < -0.3 is 25.0 Å². The average Bonchev–Trinajstić information content (AvgIpc) is 3.02. The number of anilines is 2. The van der Waals surface area contributed by atoms with Crippen LogP contribution in [0.15, 0.2) is 48.5 Å². The topological polar surface area (TPSA) is 79.9 Å². The summed E-state index contributed by atoms with van der Waals surface area (Å²) in [5.74, 6) is 1.21. The van der Waals surface area contributed by atoms with Crippen LogP contribution in [-0.2, 0) is 4.79 Å². The molecular weight excluding hydrogens is 334 g/mol. The highest BCUT2D eigenvalue weighted by Gasteiger charge is 2.31. The minimum atomic E-state index is -0.375. The predicted molar refractivity (Wildman–Crippen MR) is 98.9 cm³/mol. The Kier molecular flexibility index (Phi) is 5.26. The monoisotopic (exact) mass is 355 g/mol. The van der Waals surface area contributed by atoms with E-state index in [0.717, 1.165) is 5.69 Å². The maximum absolute atomic E-state index is 12.3. The number of nitrogens with one attached hydrogen (secondary N) is 2. The second kappa shape index (κ2) is 7.77. The molecule has 3 rings (SSSR count). The molecule has 0 spiro atoms. The van der Waals surface area contributed by atoms with E-state index in [-0.39, 0.29) is 24.4 Å². The van der Waals surface area contributed by atoms with Gasteiger partial charge in [-0.15, -0.1) is 0 Å². The van der Waals surface area contributed by atoms with Crippen molar-refractivity contribution in [3.05, 3.63) is 48.5 Å². The number of nitrogens with zero attached hydrogens (tertiary/aromatic N) is 1. The second-order valence-corrected chi connectivity index (χ2v) is 5.91. The zero-order chi connectivity index (χ0) is 18.5. The van der Waals surface area contributed by atoms with Crippen molar-refractivity contribution >= 4 is 23.3 Å². The smallest absolute Gasteiger partial charge is 0.319 e. The maximum Gasteiger partial charge on any atom is 0.319 e. The summed E-state index contributed by atoms with van der Waals surface area (Å²) in [6, 6.07) is 13.8. The van der Waals surface area contributed by atoms with Gasteiger partial charge in [-0.1, -0.05) is 18.2 Å². The van der Waals surface area contributed by atoms with Crippen molar-refractivity contribution in [2.24, 2.45) is 0 Å². The summed E-state index contributed by atoms with van der Waals surface area (Å²) in [7, 11) is 3.12. The van der Waals surface area contributed by atoms with Crippen LogP contribution >= 0.6 is 0 Å². The van der Waals surface area contributed by atoms with E-state index in [2.05, 4.69) is 10.6 Å². The number of methoxy groups -OCH3 is 2. The molecule has 0 radical (unpaired) electrons. The van der Waals surface area contributed by atoms with Crippen molar-refractivity contribution in [1.29, 1.82) is 0 Å². The van der Waals surface area contributed by atoms with Gasteiger partial charge >= 0.3 is 6.03 Å². The van der Waals surface area contributed by atoms with Crippen molar-refractivity contribution in [1.82, 2.24) is 5.32 Å². The van der Waals surface area contributed by atoms with Crippen LogP contribution in [0.2, 0.25) is 0 Å². The van der Waals surface area contributed by atoms with Crippen LogP contribution < -0.4 is 25.0 Å². The highest BCUT2D eigenvalue weighted by atomic mass is 16.5. The quantitative estimate of drug-likeness (QED) is 0.864. The van der Waals surface area contributed by atoms with Gasteiger partial charge in [0.15, 0.2) is 0 Å². The molecule has 26 heavy (non-hydrogen) atoms. The average molecular weight is 355 g/mol. The Bertz CT molecular complexity index is 809. The molecule has 7 nitrogen and oxygen atoms in total. The fourth-order valence-corrected chi connectivity index (χ4v) is 2.92. The molecule has 3 amide bonds. The van der Waals surface area contributed by atoms with Crippen molar-refractivity contribution in [2.45, 2.75) is 12.5 Å². The first-order valence-electron chi connectivity index (χ1n) is 8.25. The number of carbonyl (C=O) groups excluding carboxylic acids is 2. The minimum absolute atomic E-state index is 0.0409. The second-order valence-electron chi connectivity index (χ2n) is 5.91. The third-order valence-corrected chi connectivity index (χ3v) is 4.18. The fourth-order valence-electron chi connectivity index (χ4n) is 2.92. The first-order valence-corrected chi connectivity index (χ1v) is 8.25. The lowest BCUT2D eigenvalue weighted by Crippen LogP contribution is -2.39. The molecule has 1 saturated heterocycles. The van der Waals surface area contributed by atoms with Gasteiger partial charge in [0.25, 0.3) is 0 Å². The van der Waals surface area contributed by atoms with E-state index in [1.54, 1.807) is 37.3 Å². The number of amides is 3. The van der Waals surface area contributed by atoms with Gasteiger partial charge in [-0.25, -0.2) is 4.79 Å². The van der Waals surface area contributed by atoms with E-state index < -0.39 is 0 Å². The Hall–Kier alpha value is -3.22. The lowest BCUT2D eigenvalue weighted by atomic mass is 10.2. The molecule has 1 aliphatic rings. The van der Waals surface area contributed by atoms with Crippen molar-refractivity contribution < 1.29 is 19.1 Å². The first-order chi connectivity index (χ1) is 12.6. The zero-order valence-corrected chi connectivity index (χ0v) is 14.7. The first kappa shape index (κ1) is 17.6. The standard InChI is InChI=1S/C19H21N3O4/c1-25-15-7-5-6-14(11-15)22-12-13(10-18(22)23)20-19(24)21-16-8-3-4-9-17(16)26-2/h3-9,11,13H,10,12H2,1-2H3,(H2,20,21,24)/t13-/m0/s1. The van der Waals surface area contributed by atoms with Gasteiger partial charge in [-0.3, -0.25) is 4.79 Å². The Morgan fingerprint density at radius 1 is 1.12 bits per heavy atom. The molecule has 2 N–H and O–H groups in total. The molecule has 0 aromatic heterocycles. The number of para-hydroxylation sites is 2. The van der Waals surface area contributed by atoms with Gasteiger partial charge in [0.2, 0.25) is 5.91 Å². The zero-order valence-electron chi connectivity index (χ0n) is 14.7. The molecule has 1 heterocycles. The third-order valence-electron chi connectivity index (χ3n) is 4.18. The van der Waals surface area contributed by atoms with Gasteiger partial charge in [0.1, 0.15) is 11.5 Å². The van der Waals surface area contributed by atoms with Gasteiger partial charge in [0.05, 0.1) is 25.9 Å². The Morgan fingerprint density at radius 2 is 1.92 bits per heavy atom. The summed E-state index contributed by atoms with van der Waals surface area (Å²) >= 11 is 0. The van der Waals surface area contributed by atoms with E-state index >= 15 is 0 Å². The Morgan fingerprint density at radius 3 is 2.69 bits per heavy atom. The van der Waals surface area contributed by atoms with Gasteiger partial charge in [0, 0.05) is 24.7 Å². The summed E-state index contributed by atoms with van der Waals surface area (Å²) in [6.07, 6.45) is 0.247. The van der Waals surface area contributed by atoms with Crippen molar-refractivity contribution in [3.8, 4) is 11.5 Å². The molecular formula is C19H21N3O4. The van der Waals surface area contributed by atoms with Crippen LogP contribution in [0.4, 0.5) is 16.2 Å². The van der Waals surface area contributed by atoms with E-state index in [4.69, 9.17) is 9.47 Å². The van der Waals surface area contributed by atoms with Crippen LogP contribution in [0.5, 0.6) is 11.5 Å². The predicted octanol–water partition coefficient (Wildman–Crippen LogP) is 2.63. The van der Waals surface area contributed by atoms with Gasteiger partial charge in [-0.2, -0.15) is 0 Å². The van der Waals surface area contributed by atoms with Crippen LogP contribution in [0.25, 0.3) is 0 Å². The van der Waals surface area contributed by atoms with Crippen LogP contribution in [0, 0.1) is 0 Å². The van der Waals surface area contributed by atoms with E-state index in [1.807, 2.05) is 30.3 Å². The van der Waals surface area contributed by atoms with Crippen LogP contribution in [0.3, 0.4) is 0 Å². The number of hydrogen-bond donors (Lipinski definition) is 2. The summed E-state index contributed by atoms with van der Waals surface area (Å²) < 4.78 is 10.4. The highest BCUT2D eigenvalue weighted by molar-refractivity contribution is 5.98. The van der Waals surface area contributed by atoms with Crippen LogP contribution in [0.1, 0.15) is 6.42 Å². The molecule has 0 bridgehead atoms. The largest absolute Gasteiger partial charge is 0.497 e. The molecule has 1 aliphatic heterocycles. The molecule has 1 fully saturated rings. The summed E-state index contributed by atoms with van der Waals surface area (Å²) in [6.45, 7) is 0.408. The molecule has 136 valence electrons. The summed E-state index contributed by atoms with van der Waals surface area (Å²) in [5.41, 5.74) is 1.32. The summed E-state index contributed by atoms with van der Waals surface area (Å²) in [4.78, 5) is 26.2. The van der Waals surface area contributed by atoms with E-state index in [0.29, 0.717) is 23.7 Å². The molecule has 1 atom stereocenters. The Balaban J connectivity index is 1.62. The maximum atomic E-state index is 12.3. The molecule has 0 unspecified atom stereocenters. The number of carbonyl (C=O) groups is 2. The normalized spacial score (nSPS) is 16.3. The number of ether oxygens (including phenoxy) is 2. The summed E-state index contributed by atoms with van der Waals surface area (Å²) in [5, 5.41) is 5.59. The lowest BCUT2D eigenvalue weighted by Gasteiger charge is -2.18. The molecule has 0 aliphatic carbocycles. The van der Waals surface area contributed by atoms with Gasteiger partial charge in [-0.05, 0) is 24.3 Å². The number of urea groups is 1.